The van der Waals surface area contributed by atoms with E-state index in [2.05, 4.69) is 0 Å². The molecule has 1 heterocycles. The van der Waals surface area contributed by atoms with Crippen LogP contribution in [0.5, 0.6) is 5.75 Å². The monoisotopic (exact) mass is 400 g/mol. The molecule has 5 nitrogen and oxygen atoms in total. The second kappa shape index (κ2) is 8.25. The van der Waals surface area contributed by atoms with Gasteiger partial charge >= 0.3 is 11.6 Å². The lowest BCUT2D eigenvalue weighted by atomic mass is 10.00. The number of ether oxygens (including phenoxy) is 2. The first-order valence-corrected chi connectivity index (χ1v) is 9.50. The van der Waals surface area contributed by atoms with Gasteiger partial charge in [-0.15, -0.1) is 0 Å². The second-order valence-corrected chi connectivity index (χ2v) is 6.91. The van der Waals surface area contributed by atoms with Crippen molar-refractivity contribution in [2.75, 3.05) is 7.11 Å². The van der Waals surface area contributed by atoms with Crippen molar-refractivity contribution in [3.8, 4) is 16.9 Å². The molecular weight excluding hydrogens is 380 g/mol. The summed E-state index contributed by atoms with van der Waals surface area (Å²) in [5.41, 5.74) is 2.96. The fourth-order valence-electron chi connectivity index (χ4n) is 3.45. The topological polar surface area (TPSA) is 65.7 Å². The third-order valence-corrected chi connectivity index (χ3v) is 4.80. The average Bonchev–Trinajstić information content (AvgIpc) is 2.77. The lowest BCUT2D eigenvalue weighted by Crippen LogP contribution is -2.20. The number of aryl methyl sites for hydroxylation is 1. The number of methoxy groups -OCH3 is 1. The smallest absolute Gasteiger partial charge is 0.351 e. The Morgan fingerprint density at radius 2 is 1.60 bits per heavy atom. The number of carbonyl (C=O) groups is 1. The van der Waals surface area contributed by atoms with E-state index in [1.54, 1.807) is 18.2 Å². The molecule has 0 spiro atoms. The van der Waals surface area contributed by atoms with Crippen molar-refractivity contribution >= 4 is 16.9 Å². The summed E-state index contributed by atoms with van der Waals surface area (Å²) in [6.07, 6.45) is -0.961. The summed E-state index contributed by atoms with van der Waals surface area (Å²) in [6.45, 7) is 1.87. The molecule has 3 aromatic carbocycles. The Kier molecular flexibility index (Phi) is 5.35. The highest BCUT2D eigenvalue weighted by Crippen LogP contribution is 2.37. The van der Waals surface area contributed by atoms with Crippen LogP contribution < -0.4 is 10.4 Å². The molecule has 0 amide bonds. The van der Waals surface area contributed by atoms with Crippen LogP contribution in [0.1, 0.15) is 17.2 Å². The zero-order chi connectivity index (χ0) is 21.1. The third kappa shape index (κ3) is 3.82. The summed E-state index contributed by atoms with van der Waals surface area (Å²) in [6, 6.07) is 23.7. The Bertz CT molecular complexity index is 1240. The van der Waals surface area contributed by atoms with Gasteiger partial charge in [0.15, 0.2) is 0 Å². The van der Waals surface area contributed by atoms with Crippen LogP contribution in [-0.2, 0) is 9.53 Å². The number of hydrogen-bond donors (Lipinski definition) is 0. The van der Waals surface area contributed by atoms with Crippen LogP contribution in [0.4, 0.5) is 0 Å². The summed E-state index contributed by atoms with van der Waals surface area (Å²) in [7, 11) is 1.32. The van der Waals surface area contributed by atoms with E-state index in [1.165, 1.54) is 13.2 Å². The molecule has 30 heavy (non-hydrogen) atoms. The first kappa shape index (κ1) is 19.5. The molecule has 0 aliphatic heterocycles. The zero-order valence-electron chi connectivity index (χ0n) is 16.6. The third-order valence-electron chi connectivity index (χ3n) is 4.80. The second-order valence-electron chi connectivity index (χ2n) is 6.91. The average molecular weight is 400 g/mol. The maximum Gasteiger partial charge on any atom is 0.351 e. The van der Waals surface area contributed by atoms with Crippen LogP contribution in [0, 0.1) is 6.92 Å². The van der Waals surface area contributed by atoms with E-state index in [0.29, 0.717) is 27.8 Å². The molecule has 0 fully saturated rings. The van der Waals surface area contributed by atoms with E-state index < -0.39 is 17.7 Å². The molecule has 150 valence electrons. The molecule has 4 aromatic rings. The van der Waals surface area contributed by atoms with E-state index >= 15 is 0 Å². The Balaban J connectivity index is 1.94. The molecule has 0 saturated heterocycles. The first-order chi connectivity index (χ1) is 14.6. The van der Waals surface area contributed by atoms with Crippen molar-refractivity contribution in [1.29, 1.82) is 0 Å². The molecule has 1 unspecified atom stereocenters. The van der Waals surface area contributed by atoms with Crippen molar-refractivity contribution in [3.63, 3.8) is 0 Å². The van der Waals surface area contributed by atoms with Gasteiger partial charge in [0, 0.05) is 17.2 Å². The van der Waals surface area contributed by atoms with Crippen LogP contribution in [0.25, 0.3) is 22.1 Å². The van der Waals surface area contributed by atoms with Gasteiger partial charge in [-0.2, -0.15) is 0 Å². The highest BCUT2D eigenvalue weighted by atomic mass is 16.6. The summed E-state index contributed by atoms with van der Waals surface area (Å²) >= 11 is 0. The molecule has 1 aromatic heterocycles. The molecule has 4 rings (SSSR count). The van der Waals surface area contributed by atoms with E-state index in [-0.39, 0.29) is 0 Å². The molecule has 0 bridgehead atoms. The molecule has 0 radical (unpaired) electrons. The number of carbonyl (C=O) groups excluding carboxylic acids is 1. The fraction of sp³-hybridized carbons (Fsp3) is 0.120. The minimum atomic E-state index is -0.961. The Labute approximate surface area is 173 Å². The maximum atomic E-state index is 12.5. The van der Waals surface area contributed by atoms with Gasteiger partial charge < -0.3 is 13.9 Å². The lowest BCUT2D eigenvalue weighted by Gasteiger charge is -2.20. The minimum absolute atomic E-state index is 0.396. The van der Waals surface area contributed by atoms with Gasteiger partial charge in [-0.1, -0.05) is 60.7 Å². The number of fused-ring (bicyclic) bond motifs is 1. The highest BCUT2D eigenvalue weighted by Gasteiger charge is 2.25. The van der Waals surface area contributed by atoms with E-state index in [0.717, 1.165) is 11.1 Å². The van der Waals surface area contributed by atoms with Crippen LogP contribution in [-0.4, -0.2) is 13.1 Å². The SMILES string of the molecule is COC(=O)C(Oc1cc(C)cc2oc(=O)cc(-c3ccccc3)c12)c1ccccc1. The fourth-order valence-corrected chi connectivity index (χ4v) is 3.45. The van der Waals surface area contributed by atoms with Gasteiger partial charge in [-0.05, 0) is 30.2 Å². The zero-order valence-corrected chi connectivity index (χ0v) is 16.6. The van der Waals surface area contributed by atoms with Crippen molar-refractivity contribution in [3.05, 3.63) is 100 Å². The number of benzene rings is 3. The van der Waals surface area contributed by atoms with Gasteiger partial charge in [-0.3, -0.25) is 0 Å². The van der Waals surface area contributed by atoms with Crippen LogP contribution in [0.15, 0.2) is 88.1 Å². The Hall–Kier alpha value is -3.86. The lowest BCUT2D eigenvalue weighted by molar-refractivity contribution is -0.149. The summed E-state index contributed by atoms with van der Waals surface area (Å²) in [4.78, 5) is 24.7. The van der Waals surface area contributed by atoms with Gasteiger partial charge in [0.25, 0.3) is 0 Å². The predicted molar refractivity (Wildman–Crippen MR) is 114 cm³/mol. The molecule has 5 heteroatoms. The maximum absolute atomic E-state index is 12.5. The highest BCUT2D eigenvalue weighted by molar-refractivity contribution is 5.98. The Morgan fingerprint density at radius 3 is 2.27 bits per heavy atom. The van der Waals surface area contributed by atoms with Gasteiger partial charge in [-0.25, -0.2) is 9.59 Å². The van der Waals surface area contributed by atoms with Gasteiger partial charge in [0.2, 0.25) is 6.10 Å². The normalized spacial score (nSPS) is 11.8. The number of esters is 1. The molecule has 0 aliphatic rings. The molecule has 1 atom stereocenters. The molecular formula is C25H20O5. The van der Waals surface area contributed by atoms with Crippen LogP contribution in [0.3, 0.4) is 0 Å². The summed E-state index contributed by atoms with van der Waals surface area (Å²) in [5.74, 6) is -0.0821. The van der Waals surface area contributed by atoms with Gasteiger partial charge in [0.1, 0.15) is 11.3 Å². The summed E-state index contributed by atoms with van der Waals surface area (Å²) < 4.78 is 16.7. The largest absolute Gasteiger partial charge is 0.473 e. The predicted octanol–water partition coefficient (Wildman–Crippen LogP) is 5.06. The van der Waals surface area contributed by atoms with Crippen LogP contribution in [0.2, 0.25) is 0 Å². The van der Waals surface area contributed by atoms with Crippen LogP contribution >= 0.6 is 0 Å². The first-order valence-electron chi connectivity index (χ1n) is 9.50. The van der Waals surface area contributed by atoms with Crippen molar-refractivity contribution < 1.29 is 18.7 Å². The quantitative estimate of drug-likeness (QED) is 0.346. The van der Waals surface area contributed by atoms with Crippen molar-refractivity contribution in [2.45, 2.75) is 13.0 Å². The Morgan fingerprint density at radius 1 is 0.933 bits per heavy atom. The molecule has 0 saturated carbocycles. The molecule has 0 N–H and O–H groups in total. The standard InChI is InChI=1S/C25H20O5/c1-16-13-20-23(19(15-22(26)29-20)17-9-5-3-6-10-17)21(14-16)30-24(25(27)28-2)18-11-7-4-8-12-18/h3-15,24H,1-2H3. The summed E-state index contributed by atoms with van der Waals surface area (Å²) in [5, 5.41) is 0.622. The van der Waals surface area contributed by atoms with Crippen molar-refractivity contribution in [2.24, 2.45) is 0 Å². The van der Waals surface area contributed by atoms with E-state index in [4.69, 9.17) is 13.9 Å². The number of rotatable bonds is 5. The number of hydrogen-bond acceptors (Lipinski definition) is 5. The molecule has 0 aliphatic carbocycles. The minimum Gasteiger partial charge on any atom is -0.473 e. The van der Waals surface area contributed by atoms with E-state index in [9.17, 15) is 9.59 Å². The van der Waals surface area contributed by atoms with Gasteiger partial charge in [0.05, 0.1) is 12.5 Å². The van der Waals surface area contributed by atoms with Crippen molar-refractivity contribution in [1.82, 2.24) is 0 Å². The van der Waals surface area contributed by atoms with E-state index in [1.807, 2.05) is 61.5 Å².